The molecule has 2 N–H and O–H groups in total. The van der Waals surface area contributed by atoms with Gasteiger partial charge in [0.25, 0.3) is 17.7 Å². The molecule has 0 saturated carbocycles. The molecule has 2 aromatic heterocycles. The minimum atomic E-state index is -1.14. The number of para-hydroxylation sites is 1. The fraction of sp³-hybridized carbons (Fsp3) is 0.204. The maximum absolute atomic E-state index is 14.6. The number of hydrogen-bond acceptors (Lipinski definition) is 10. The molecule has 2 aliphatic rings. The summed E-state index contributed by atoms with van der Waals surface area (Å²) < 4.78 is 17.8. The lowest BCUT2D eigenvalue weighted by atomic mass is 10.0. The van der Waals surface area contributed by atoms with Gasteiger partial charge in [0.05, 0.1) is 36.6 Å². The van der Waals surface area contributed by atoms with Gasteiger partial charge in [-0.25, -0.2) is 0 Å². The van der Waals surface area contributed by atoms with Gasteiger partial charge in [-0.15, -0.1) is 0 Å². The zero-order valence-corrected chi connectivity index (χ0v) is 34.3. The van der Waals surface area contributed by atoms with Crippen molar-refractivity contribution >= 4 is 41.1 Å². The summed E-state index contributed by atoms with van der Waals surface area (Å²) in [4.78, 5) is 86.3. The summed E-state index contributed by atoms with van der Waals surface area (Å²) >= 11 is 0. The molecule has 8 rings (SSSR count). The van der Waals surface area contributed by atoms with Crippen molar-refractivity contribution in [3.63, 3.8) is 0 Å². The second-order valence-corrected chi connectivity index (χ2v) is 15.1. The van der Waals surface area contributed by atoms with Crippen molar-refractivity contribution in [1.29, 1.82) is 0 Å². The molecule has 63 heavy (non-hydrogen) atoms. The topological polar surface area (TPSA) is 177 Å². The molecule has 4 aromatic carbocycles. The van der Waals surface area contributed by atoms with Gasteiger partial charge >= 0.3 is 0 Å². The maximum atomic E-state index is 14.6. The Balaban J connectivity index is 0.929. The van der Waals surface area contributed by atoms with Crippen LogP contribution in [0.5, 0.6) is 11.5 Å². The zero-order chi connectivity index (χ0) is 43.9. The monoisotopic (exact) mass is 845 g/mol. The summed E-state index contributed by atoms with van der Waals surface area (Å²) in [5.74, 6) is -2.48. The van der Waals surface area contributed by atoms with E-state index in [1.165, 1.54) is 17.2 Å². The van der Waals surface area contributed by atoms with Crippen LogP contribution in [0.4, 0.5) is 5.69 Å². The number of anilines is 1. The number of benzene rings is 4. The molecule has 1 fully saturated rings. The number of hydrogen-bond donors (Lipinski definition) is 2. The van der Waals surface area contributed by atoms with E-state index < -0.39 is 53.6 Å². The van der Waals surface area contributed by atoms with Crippen LogP contribution in [0.3, 0.4) is 0 Å². The van der Waals surface area contributed by atoms with Crippen LogP contribution in [-0.2, 0) is 14.4 Å². The first-order valence-corrected chi connectivity index (χ1v) is 20.6. The van der Waals surface area contributed by atoms with Gasteiger partial charge in [0.1, 0.15) is 23.6 Å². The number of imide groups is 2. The van der Waals surface area contributed by atoms with Gasteiger partial charge in [-0.2, -0.15) is 0 Å². The largest absolute Gasteiger partial charge is 0.493 e. The number of furan rings is 1. The number of fused-ring (bicyclic) bond motifs is 1. The zero-order valence-electron chi connectivity index (χ0n) is 34.3. The number of piperidine rings is 1. The summed E-state index contributed by atoms with van der Waals surface area (Å²) in [5, 5.41) is 5.33. The summed E-state index contributed by atoms with van der Waals surface area (Å²) in [6.45, 7) is 2.36. The van der Waals surface area contributed by atoms with Gasteiger partial charge < -0.3 is 19.2 Å². The highest BCUT2D eigenvalue weighted by molar-refractivity contribution is 6.24. The van der Waals surface area contributed by atoms with Gasteiger partial charge in [-0.1, -0.05) is 72.8 Å². The number of pyridine rings is 1. The molecule has 2 aliphatic heterocycles. The fourth-order valence-electron chi connectivity index (χ4n) is 7.82. The van der Waals surface area contributed by atoms with E-state index in [1.807, 2.05) is 85.8 Å². The average Bonchev–Trinajstić information content (AvgIpc) is 3.94. The van der Waals surface area contributed by atoms with Crippen LogP contribution in [0.2, 0.25) is 0 Å². The molecule has 318 valence electrons. The van der Waals surface area contributed by atoms with Crippen molar-refractivity contribution in [2.45, 2.75) is 50.7 Å². The van der Waals surface area contributed by atoms with E-state index in [0.717, 1.165) is 16.0 Å². The molecule has 3 unspecified atom stereocenters. The summed E-state index contributed by atoms with van der Waals surface area (Å²) in [6, 6.07) is 33.3. The predicted molar refractivity (Wildman–Crippen MR) is 231 cm³/mol. The van der Waals surface area contributed by atoms with E-state index in [4.69, 9.17) is 13.9 Å². The molecule has 3 atom stereocenters. The van der Waals surface area contributed by atoms with E-state index in [0.29, 0.717) is 42.0 Å². The van der Waals surface area contributed by atoms with E-state index in [9.17, 15) is 28.8 Å². The Morgan fingerprint density at radius 2 is 1.52 bits per heavy atom. The Morgan fingerprint density at radius 1 is 0.810 bits per heavy atom. The number of ether oxygens (including phenoxy) is 2. The van der Waals surface area contributed by atoms with Crippen LogP contribution in [0.1, 0.15) is 87.1 Å². The van der Waals surface area contributed by atoms with Crippen molar-refractivity contribution in [1.82, 2.24) is 20.5 Å². The highest BCUT2D eigenvalue weighted by Crippen LogP contribution is 2.35. The van der Waals surface area contributed by atoms with Crippen LogP contribution >= 0.6 is 0 Å². The number of nitrogens with zero attached hydrogens (tertiary/aromatic N) is 3. The third-order valence-electron chi connectivity index (χ3n) is 10.9. The van der Waals surface area contributed by atoms with Gasteiger partial charge in [0, 0.05) is 35.6 Å². The molecule has 6 amide bonds. The molecule has 0 spiro atoms. The SMILES string of the molecule is CC(NC(=O)C(c1cccnc1)N(C(=O)c1ccco1)c1ccc(-c2ccccc2)cc1)c1ccccc1OCCCCOc1cccc2c1C(=O)N(C1CCC(=O)NC1=O)C2=O. The molecule has 14 heteroatoms. The normalized spacial score (nSPS) is 15.6. The molecule has 0 radical (unpaired) electrons. The number of unbranched alkanes of at least 4 members (excludes halogenated alkanes) is 1. The Kier molecular flexibility index (Phi) is 12.5. The van der Waals surface area contributed by atoms with Gasteiger partial charge in [-0.3, -0.25) is 48.9 Å². The molecule has 0 aliphatic carbocycles. The summed E-state index contributed by atoms with van der Waals surface area (Å²) in [5.41, 5.74) is 3.87. The first-order chi connectivity index (χ1) is 30.7. The third kappa shape index (κ3) is 8.96. The number of amides is 6. The quantitative estimate of drug-likeness (QED) is 0.0746. The lowest BCUT2D eigenvalue weighted by Gasteiger charge is -2.32. The van der Waals surface area contributed by atoms with Crippen molar-refractivity contribution in [2.75, 3.05) is 18.1 Å². The fourth-order valence-corrected chi connectivity index (χ4v) is 7.82. The molecule has 4 heterocycles. The van der Waals surface area contributed by atoms with Crippen molar-refractivity contribution < 1.29 is 42.7 Å². The number of aromatic nitrogens is 1. The lowest BCUT2D eigenvalue weighted by Crippen LogP contribution is -2.54. The lowest BCUT2D eigenvalue weighted by molar-refractivity contribution is -0.136. The van der Waals surface area contributed by atoms with E-state index >= 15 is 0 Å². The highest BCUT2D eigenvalue weighted by atomic mass is 16.5. The second-order valence-electron chi connectivity index (χ2n) is 15.1. The van der Waals surface area contributed by atoms with Gasteiger partial charge in [0.15, 0.2) is 5.76 Å². The van der Waals surface area contributed by atoms with E-state index in [1.54, 1.807) is 48.8 Å². The predicted octanol–water partition coefficient (Wildman–Crippen LogP) is 7.25. The molecule has 6 aromatic rings. The first-order valence-electron chi connectivity index (χ1n) is 20.6. The maximum Gasteiger partial charge on any atom is 0.294 e. The van der Waals surface area contributed by atoms with Gasteiger partial charge in [0.2, 0.25) is 17.7 Å². The summed E-state index contributed by atoms with van der Waals surface area (Å²) in [7, 11) is 0. The Morgan fingerprint density at radius 3 is 2.24 bits per heavy atom. The Bertz CT molecular complexity index is 2640. The van der Waals surface area contributed by atoms with Crippen LogP contribution in [0.15, 0.2) is 144 Å². The van der Waals surface area contributed by atoms with Gasteiger partial charge in [-0.05, 0) is 85.8 Å². The molecule has 0 bridgehead atoms. The standard InChI is InChI=1S/C49H43N5O9/c1-31(51-46(57)44(34-14-10-26-50-30-34)53(48(59)41-19-11-29-63-41)35-22-20-33(21-23-35)32-12-3-2-4-13-32)36-15-5-6-17-39(36)61-27-7-8-28-62-40-18-9-16-37-43(40)49(60)54(47(37)58)38-24-25-42(55)52-45(38)56/h2-6,9-23,26,29-31,38,44H,7-8,24-25,27-28H2,1H3,(H,51,57)(H,52,55,56). The third-order valence-corrected chi connectivity index (χ3v) is 10.9. The number of carbonyl (C=O) groups is 6. The van der Waals surface area contributed by atoms with Crippen molar-refractivity contribution in [3.8, 4) is 22.6 Å². The smallest absolute Gasteiger partial charge is 0.294 e. The molecular weight excluding hydrogens is 803 g/mol. The van der Waals surface area contributed by atoms with Crippen LogP contribution < -0.4 is 25.0 Å². The Hall–Kier alpha value is -7.87. The minimum absolute atomic E-state index is 0.0273. The number of nitrogens with one attached hydrogen (secondary N) is 2. The highest BCUT2D eigenvalue weighted by Gasteiger charge is 2.46. The van der Waals surface area contributed by atoms with E-state index in [-0.39, 0.29) is 42.1 Å². The second kappa shape index (κ2) is 18.8. The summed E-state index contributed by atoms with van der Waals surface area (Å²) in [6.07, 6.45) is 5.77. The van der Waals surface area contributed by atoms with E-state index in [2.05, 4.69) is 15.6 Å². The number of carbonyl (C=O) groups excluding carboxylic acids is 6. The van der Waals surface area contributed by atoms with Crippen LogP contribution in [-0.4, -0.2) is 64.6 Å². The first kappa shape index (κ1) is 41.8. The van der Waals surface area contributed by atoms with Crippen molar-refractivity contribution in [2.24, 2.45) is 0 Å². The van der Waals surface area contributed by atoms with Crippen molar-refractivity contribution in [3.05, 3.63) is 168 Å². The number of rotatable bonds is 16. The van der Waals surface area contributed by atoms with Crippen LogP contribution in [0.25, 0.3) is 11.1 Å². The molecule has 1 saturated heterocycles. The Labute approximate surface area is 362 Å². The molecule has 14 nitrogen and oxygen atoms in total. The minimum Gasteiger partial charge on any atom is -0.493 e. The average molecular weight is 846 g/mol. The van der Waals surface area contributed by atoms with Crippen LogP contribution in [0, 0.1) is 0 Å². The molecular formula is C49H43N5O9.